The van der Waals surface area contributed by atoms with E-state index in [1.807, 2.05) is 30.3 Å². The lowest BCUT2D eigenvalue weighted by molar-refractivity contribution is -0.127. The first-order valence-electron chi connectivity index (χ1n) is 10.5. The van der Waals surface area contributed by atoms with Gasteiger partial charge in [0.1, 0.15) is 5.82 Å². The first-order chi connectivity index (χ1) is 14.5. The van der Waals surface area contributed by atoms with Gasteiger partial charge in [0.2, 0.25) is 5.91 Å². The summed E-state index contributed by atoms with van der Waals surface area (Å²) < 4.78 is 23.8. The summed E-state index contributed by atoms with van der Waals surface area (Å²) in [5.41, 5.74) is 2.07. The Morgan fingerprint density at radius 3 is 2.57 bits per heavy atom. The predicted molar refractivity (Wildman–Crippen MR) is 115 cm³/mol. The lowest BCUT2D eigenvalue weighted by atomic mass is 9.95. The molecule has 2 aromatic carbocycles. The van der Waals surface area contributed by atoms with Gasteiger partial charge in [-0.05, 0) is 61.2 Å². The Morgan fingerprint density at radius 1 is 1.17 bits per heavy atom. The molecule has 1 saturated heterocycles. The third-order valence-corrected chi connectivity index (χ3v) is 5.73. The number of amides is 1. The third-order valence-electron chi connectivity index (χ3n) is 5.73. The van der Waals surface area contributed by atoms with E-state index in [1.54, 1.807) is 14.2 Å². The zero-order chi connectivity index (χ0) is 21.5. The fraction of sp³-hybridized carbons (Fsp3) is 0.458. The summed E-state index contributed by atoms with van der Waals surface area (Å²) in [6, 6.07) is 12.3. The van der Waals surface area contributed by atoms with Crippen LogP contribution in [0.1, 0.15) is 43.4 Å². The molecule has 1 fully saturated rings. The Morgan fingerprint density at radius 2 is 1.90 bits per heavy atom. The van der Waals surface area contributed by atoms with Crippen molar-refractivity contribution in [1.82, 2.24) is 10.2 Å². The van der Waals surface area contributed by atoms with Gasteiger partial charge in [-0.1, -0.05) is 25.1 Å². The number of piperidine rings is 1. The van der Waals surface area contributed by atoms with E-state index >= 15 is 0 Å². The highest BCUT2D eigenvalue weighted by Crippen LogP contribution is 2.31. The van der Waals surface area contributed by atoms with Crippen LogP contribution in [-0.2, 0) is 11.3 Å². The Labute approximate surface area is 178 Å². The highest BCUT2D eigenvalue weighted by Gasteiger charge is 2.27. The Balaban J connectivity index is 1.62. The molecule has 1 heterocycles. The van der Waals surface area contributed by atoms with E-state index in [2.05, 4.69) is 17.1 Å². The molecule has 2 aromatic rings. The molecule has 1 aliphatic heterocycles. The van der Waals surface area contributed by atoms with E-state index < -0.39 is 0 Å². The van der Waals surface area contributed by atoms with Crippen LogP contribution < -0.4 is 14.8 Å². The standard InChI is InChI=1S/C24H31FN2O3/c1-4-21(18-9-12-22(29-2)23(14-18)30-3)26-24(28)19-6-5-13-27(16-19)15-17-7-10-20(25)11-8-17/h7-12,14,19,21H,4-6,13,15-16H2,1-3H3,(H,26,28)/t19-,21-/m1/s1. The van der Waals surface area contributed by atoms with Crippen molar-refractivity contribution < 1.29 is 18.7 Å². The average Bonchev–Trinajstić information content (AvgIpc) is 2.78. The highest BCUT2D eigenvalue weighted by molar-refractivity contribution is 5.79. The van der Waals surface area contributed by atoms with Crippen LogP contribution in [0.2, 0.25) is 0 Å². The van der Waals surface area contributed by atoms with Gasteiger partial charge < -0.3 is 14.8 Å². The van der Waals surface area contributed by atoms with Crippen LogP contribution in [0, 0.1) is 11.7 Å². The summed E-state index contributed by atoms with van der Waals surface area (Å²) in [5, 5.41) is 3.22. The van der Waals surface area contributed by atoms with Crippen LogP contribution in [0.25, 0.3) is 0 Å². The molecule has 0 radical (unpaired) electrons. The summed E-state index contributed by atoms with van der Waals surface area (Å²) in [7, 11) is 3.22. The second-order valence-electron chi connectivity index (χ2n) is 7.78. The van der Waals surface area contributed by atoms with E-state index in [0.29, 0.717) is 18.0 Å². The number of methoxy groups -OCH3 is 2. The number of nitrogens with zero attached hydrogens (tertiary/aromatic N) is 1. The summed E-state index contributed by atoms with van der Waals surface area (Å²) in [6.45, 7) is 4.46. The van der Waals surface area contributed by atoms with Crippen LogP contribution >= 0.6 is 0 Å². The Hall–Kier alpha value is -2.60. The van der Waals surface area contributed by atoms with Crippen molar-refractivity contribution in [2.24, 2.45) is 5.92 Å². The molecule has 0 bridgehead atoms. The van der Waals surface area contributed by atoms with Gasteiger partial charge in [-0.25, -0.2) is 4.39 Å². The first kappa shape index (κ1) is 22.1. The molecule has 0 aromatic heterocycles. The fourth-order valence-corrected chi connectivity index (χ4v) is 4.04. The molecular formula is C24H31FN2O3. The summed E-state index contributed by atoms with van der Waals surface area (Å²) >= 11 is 0. The summed E-state index contributed by atoms with van der Waals surface area (Å²) in [6.07, 6.45) is 2.65. The monoisotopic (exact) mass is 414 g/mol. The van der Waals surface area contributed by atoms with Gasteiger partial charge in [0.15, 0.2) is 11.5 Å². The van der Waals surface area contributed by atoms with Crippen molar-refractivity contribution >= 4 is 5.91 Å². The normalized spacial score (nSPS) is 17.9. The number of benzene rings is 2. The number of likely N-dealkylation sites (tertiary alicyclic amines) is 1. The number of hydrogen-bond acceptors (Lipinski definition) is 4. The van der Waals surface area contributed by atoms with Gasteiger partial charge >= 0.3 is 0 Å². The van der Waals surface area contributed by atoms with Crippen LogP contribution in [0.4, 0.5) is 4.39 Å². The van der Waals surface area contributed by atoms with Crippen molar-refractivity contribution in [3.05, 3.63) is 59.4 Å². The molecule has 1 amide bonds. The van der Waals surface area contributed by atoms with Gasteiger partial charge in [-0.2, -0.15) is 0 Å². The fourth-order valence-electron chi connectivity index (χ4n) is 4.04. The second-order valence-corrected chi connectivity index (χ2v) is 7.78. The van der Waals surface area contributed by atoms with Crippen molar-refractivity contribution in [3.8, 4) is 11.5 Å². The number of carbonyl (C=O) groups is 1. The van der Waals surface area contributed by atoms with Crippen LogP contribution in [0.3, 0.4) is 0 Å². The minimum absolute atomic E-state index is 0.0478. The lowest BCUT2D eigenvalue weighted by Crippen LogP contribution is -2.43. The molecule has 1 N–H and O–H groups in total. The van der Waals surface area contributed by atoms with E-state index in [4.69, 9.17) is 9.47 Å². The van der Waals surface area contributed by atoms with Gasteiger partial charge in [-0.3, -0.25) is 9.69 Å². The van der Waals surface area contributed by atoms with Crippen LogP contribution in [0.5, 0.6) is 11.5 Å². The zero-order valence-corrected chi connectivity index (χ0v) is 18.0. The third kappa shape index (κ3) is 5.51. The van der Waals surface area contributed by atoms with E-state index in [9.17, 15) is 9.18 Å². The number of rotatable bonds is 8. The largest absolute Gasteiger partial charge is 0.493 e. The molecule has 5 nitrogen and oxygen atoms in total. The lowest BCUT2D eigenvalue weighted by Gasteiger charge is -2.33. The number of halogens is 1. The number of nitrogens with one attached hydrogen (secondary N) is 1. The molecule has 0 spiro atoms. The van der Waals surface area contributed by atoms with Crippen LogP contribution in [0.15, 0.2) is 42.5 Å². The maximum atomic E-state index is 13.1. The molecule has 0 unspecified atom stereocenters. The molecule has 0 aliphatic carbocycles. The van der Waals surface area contributed by atoms with Gasteiger partial charge in [0.05, 0.1) is 26.2 Å². The molecular weight excluding hydrogens is 383 g/mol. The van der Waals surface area contributed by atoms with Crippen molar-refractivity contribution in [2.45, 2.75) is 38.8 Å². The minimum atomic E-state index is -0.226. The summed E-state index contributed by atoms with van der Waals surface area (Å²) in [4.78, 5) is 15.3. The van der Waals surface area contributed by atoms with E-state index in [-0.39, 0.29) is 23.7 Å². The van der Waals surface area contributed by atoms with Crippen molar-refractivity contribution in [1.29, 1.82) is 0 Å². The number of ether oxygens (including phenoxy) is 2. The molecule has 30 heavy (non-hydrogen) atoms. The van der Waals surface area contributed by atoms with Crippen LogP contribution in [-0.4, -0.2) is 38.1 Å². The quantitative estimate of drug-likeness (QED) is 0.699. The molecule has 2 atom stereocenters. The molecule has 162 valence electrons. The van der Waals surface area contributed by atoms with E-state index in [1.165, 1.54) is 12.1 Å². The number of hydrogen-bond donors (Lipinski definition) is 1. The highest BCUT2D eigenvalue weighted by atomic mass is 19.1. The molecule has 6 heteroatoms. The van der Waals surface area contributed by atoms with Crippen molar-refractivity contribution in [2.75, 3.05) is 27.3 Å². The zero-order valence-electron chi connectivity index (χ0n) is 18.0. The minimum Gasteiger partial charge on any atom is -0.493 e. The SMILES string of the molecule is CC[C@@H](NC(=O)[C@@H]1CCCN(Cc2ccc(F)cc2)C1)c1ccc(OC)c(OC)c1. The van der Waals surface area contributed by atoms with E-state index in [0.717, 1.165) is 43.5 Å². The maximum Gasteiger partial charge on any atom is 0.224 e. The molecule has 3 rings (SSSR count). The topological polar surface area (TPSA) is 50.8 Å². The second kappa shape index (κ2) is 10.4. The Bertz CT molecular complexity index is 841. The van der Waals surface area contributed by atoms with Gasteiger partial charge in [-0.15, -0.1) is 0 Å². The Kier molecular flexibility index (Phi) is 7.69. The smallest absolute Gasteiger partial charge is 0.224 e. The maximum absolute atomic E-state index is 13.1. The van der Waals surface area contributed by atoms with Gasteiger partial charge in [0, 0.05) is 13.1 Å². The molecule has 1 aliphatic rings. The predicted octanol–water partition coefficient (Wildman–Crippen LogP) is 4.32. The van der Waals surface area contributed by atoms with Crippen molar-refractivity contribution in [3.63, 3.8) is 0 Å². The average molecular weight is 415 g/mol. The van der Waals surface area contributed by atoms with Gasteiger partial charge in [0.25, 0.3) is 0 Å². The molecule has 0 saturated carbocycles. The first-order valence-corrected chi connectivity index (χ1v) is 10.5. The number of carbonyl (C=O) groups excluding carboxylic acids is 1. The summed E-state index contributed by atoms with van der Waals surface area (Å²) in [5.74, 6) is 1.14.